The molecule has 0 saturated heterocycles. The van der Waals surface area contributed by atoms with E-state index in [1.54, 1.807) is 24.4 Å². The van der Waals surface area contributed by atoms with Crippen LogP contribution >= 0.6 is 0 Å². The van der Waals surface area contributed by atoms with Gasteiger partial charge in [0.25, 0.3) is 10.1 Å². The molecule has 0 aliphatic heterocycles. The largest absolute Gasteiger partial charge is 1.00 e. The normalized spacial score (nSPS) is 11.5. The predicted molar refractivity (Wildman–Crippen MR) is 102 cm³/mol. The molecular formula is C19H17N2NaO5S. The van der Waals surface area contributed by atoms with Crippen LogP contribution in [0.4, 0.5) is 0 Å². The van der Waals surface area contributed by atoms with E-state index in [2.05, 4.69) is 9.97 Å². The van der Waals surface area contributed by atoms with Crippen LogP contribution in [0.3, 0.4) is 0 Å². The second-order valence-electron chi connectivity index (χ2n) is 6.01. The van der Waals surface area contributed by atoms with Gasteiger partial charge in [0.15, 0.2) is 5.58 Å². The Balaban J connectivity index is 0.00000150. The minimum Gasteiger partial charge on any atom is -1.00 e. The SMILES string of the molecule is O=S(=O)(O)CCCOc1ccc2nc(-c3ccnc4ccccc34)oc2c1.[H-].[Na+]. The summed E-state index contributed by atoms with van der Waals surface area (Å²) in [6, 6.07) is 14.9. The van der Waals surface area contributed by atoms with Gasteiger partial charge in [-0.05, 0) is 30.7 Å². The molecule has 0 bridgehead atoms. The molecule has 0 fully saturated rings. The van der Waals surface area contributed by atoms with Gasteiger partial charge in [-0.15, -0.1) is 0 Å². The Bertz CT molecular complexity index is 1220. The Morgan fingerprint density at radius 2 is 1.93 bits per heavy atom. The quantitative estimate of drug-likeness (QED) is 0.286. The first-order valence-electron chi connectivity index (χ1n) is 8.32. The molecule has 2 aromatic heterocycles. The number of fused-ring (bicyclic) bond motifs is 2. The number of pyridine rings is 1. The molecule has 0 atom stereocenters. The molecular weight excluding hydrogens is 391 g/mol. The third-order valence-electron chi connectivity index (χ3n) is 4.05. The molecule has 0 unspecified atom stereocenters. The van der Waals surface area contributed by atoms with Crippen molar-refractivity contribution in [2.45, 2.75) is 6.42 Å². The number of para-hydroxylation sites is 1. The average Bonchev–Trinajstić information content (AvgIpc) is 3.07. The molecule has 2 heterocycles. The number of rotatable bonds is 6. The van der Waals surface area contributed by atoms with Gasteiger partial charge < -0.3 is 10.6 Å². The van der Waals surface area contributed by atoms with Crippen molar-refractivity contribution in [3.63, 3.8) is 0 Å². The smallest absolute Gasteiger partial charge is 1.00 e. The van der Waals surface area contributed by atoms with Crippen LogP contribution in [0.1, 0.15) is 7.85 Å². The molecule has 0 amide bonds. The zero-order valence-corrected chi connectivity index (χ0v) is 18.0. The summed E-state index contributed by atoms with van der Waals surface area (Å²) in [6.07, 6.45) is 1.91. The van der Waals surface area contributed by atoms with Crippen molar-refractivity contribution in [3.8, 4) is 17.2 Å². The number of hydrogen-bond acceptors (Lipinski definition) is 6. The predicted octanol–water partition coefficient (Wildman–Crippen LogP) is 0.816. The minimum absolute atomic E-state index is 0. The fourth-order valence-corrected chi connectivity index (χ4v) is 3.31. The van der Waals surface area contributed by atoms with Gasteiger partial charge in [-0.1, -0.05) is 18.2 Å². The van der Waals surface area contributed by atoms with Crippen molar-refractivity contribution in [2.24, 2.45) is 0 Å². The van der Waals surface area contributed by atoms with E-state index in [-0.39, 0.29) is 49.8 Å². The first-order chi connectivity index (χ1) is 13.0. The molecule has 0 spiro atoms. The number of ether oxygens (including phenoxy) is 1. The Morgan fingerprint density at radius 1 is 1.11 bits per heavy atom. The summed E-state index contributed by atoms with van der Waals surface area (Å²) in [6.45, 7) is 0.168. The van der Waals surface area contributed by atoms with Crippen molar-refractivity contribution < 1.29 is 53.1 Å². The zero-order valence-electron chi connectivity index (χ0n) is 16.2. The third-order valence-corrected chi connectivity index (χ3v) is 4.86. The first kappa shape index (κ1) is 20.8. The van der Waals surface area contributed by atoms with E-state index >= 15 is 0 Å². The summed E-state index contributed by atoms with van der Waals surface area (Å²) in [4.78, 5) is 8.88. The van der Waals surface area contributed by atoms with E-state index in [1.807, 2.05) is 30.3 Å². The van der Waals surface area contributed by atoms with E-state index in [9.17, 15) is 8.42 Å². The summed E-state index contributed by atoms with van der Waals surface area (Å²) in [5, 5.41) is 0.952. The summed E-state index contributed by atoms with van der Waals surface area (Å²) in [5.41, 5.74) is 2.97. The molecule has 140 valence electrons. The number of aromatic nitrogens is 2. The van der Waals surface area contributed by atoms with Crippen LogP contribution in [-0.2, 0) is 10.1 Å². The maximum Gasteiger partial charge on any atom is 1.00 e. The molecule has 0 aliphatic carbocycles. The van der Waals surface area contributed by atoms with E-state index in [0.717, 1.165) is 16.5 Å². The van der Waals surface area contributed by atoms with Gasteiger partial charge in [0.1, 0.15) is 11.3 Å². The third kappa shape index (κ3) is 4.71. The summed E-state index contributed by atoms with van der Waals surface area (Å²) >= 11 is 0. The number of oxazole rings is 1. The standard InChI is InChI=1S/C19H16N2O5S.Na.H/c22-27(23,24)11-3-10-25-13-6-7-17-18(12-13)26-19(21-17)15-8-9-20-16-5-2-1-4-14(15)16;;/h1-2,4-9,12H,3,10-11H2,(H,22,23,24);;/q;+1;-1. The average molecular weight is 408 g/mol. The van der Waals surface area contributed by atoms with Gasteiger partial charge in [-0.2, -0.15) is 8.42 Å². The fourth-order valence-electron chi connectivity index (χ4n) is 2.82. The van der Waals surface area contributed by atoms with Crippen LogP contribution in [-0.4, -0.2) is 35.3 Å². The van der Waals surface area contributed by atoms with Gasteiger partial charge >= 0.3 is 29.6 Å². The van der Waals surface area contributed by atoms with E-state index < -0.39 is 10.1 Å². The maximum absolute atomic E-state index is 10.7. The van der Waals surface area contributed by atoms with E-state index in [0.29, 0.717) is 22.7 Å². The molecule has 1 N–H and O–H groups in total. The van der Waals surface area contributed by atoms with Crippen molar-refractivity contribution >= 4 is 32.1 Å². The fraction of sp³-hybridized carbons (Fsp3) is 0.158. The van der Waals surface area contributed by atoms with E-state index in [4.69, 9.17) is 13.7 Å². The molecule has 28 heavy (non-hydrogen) atoms. The topological polar surface area (TPSA) is 103 Å². The molecule has 7 nitrogen and oxygen atoms in total. The Morgan fingerprint density at radius 3 is 2.75 bits per heavy atom. The monoisotopic (exact) mass is 408 g/mol. The summed E-state index contributed by atoms with van der Waals surface area (Å²) < 4.78 is 41.6. The van der Waals surface area contributed by atoms with Crippen molar-refractivity contribution in [1.29, 1.82) is 0 Å². The second kappa shape index (κ2) is 8.59. The molecule has 0 aliphatic rings. The molecule has 4 rings (SSSR count). The van der Waals surface area contributed by atoms with Crippen molar-refractivity contribution in [2.75, 3.05) is 12.4 Å². The second-order valence-corrected chi connectivity index (χ2v) is 7.58. The van der Waals surface area contributed by atoms with Gasteiger partial charge in [0, 0.05) is 23.2 Å². The van der Waals surface area contributed by atoms with Crippen molar-refractivity contribution in [1.82, 2.24) is 9.97 Å². The Kier molecular flexibility index (Phi) is 6.36. The molecule has 2 aromatic carbocycles. The van der Waals surface area contributed by atoms with Crippen molar-refractivity contribution in [3.05, 3.63) is 54.7 Å². The molecule has 9 heteroatoms. The van der Waals surface area contributed by atoms with Crippen LogP contribution in [0, 0.1) is 0 Å². The van der Waals surface area contributed by atoms with Crippen LogP contribution in [0.25, 0.3) is 33.5 Å². The number of nitrogens with zero attached hydrogens (tertiary/aromatic N) is 2. The first-order valence-corrected chi connectivity index (χ1v) is 9.93. The maximum atomic E-state index is 10.7. The molecule has 0 radical (unpaired) electrons. The minimum atomic E-state index is -3.97. The van der Waals surface area contributed by atoms with Crippen LogP contribution < -0.4 is 34.3 Å². The summed E-state index contributed by atoms with van der Waals surface area (Å²) in [5.74, 6) is 0.698. The molecule has 0 saturated carbocycles. The van der Waals surface area contributed by atoms with Crippen LogP contribution in [0.2, 0.25) is 0 Å². The Hall–Kier alpha value is -1.97. The zero-order chi connectivity index (χ0) is 18.9. The van der Waals surface area contributed by atoms with Gasteiger partial charge in [-0.3, -0.25) is 9.54 Å². The van der Waals surface area contributed by atoms with E-state index in [1.165, 1.54) is 0 Å². The Labute approximate surface area is 185 Å². The van der Waals surface area contributed by atoms with Gasteiger partial charge in [0.2, 0.25) is 5.89 Å². The summed E-state index contributed by atoms with van der Waals surface area (Å²) in [7, 11) is -3.97. The number of hydrogen-bond donors (Lipinski definition) is 1. The van der Waals surface area contributed by atoms with Crippen LogP contribution in [0.15, 0.2) is 59.1 Å². The van der Waals surface area contributed by atoms with Crippen LogP contribution in [0.5, 0.6) is 5.75 Å². The molecule has 4 aromatic rings. The van der Waals surface area contributed by atoms with Gasteiger partial charge in [-0.25, -0.2) is 4.98 Å². The number of benzene rings is 2. The van der Waals surface area contributed by atoms with Gasteiger partial charge in [0.05, 0.1) is 17.9 Å².